The van der Waals surface area contributed by atoms with Crippen LogP contribution in [-0.2, 0) is 11.2 Å². The zero-order valence-corrected chi connectivity index (χ0v) is 21.4. The molecule has 3 aromatic rings. The van der Waals surface area contributed by atoms with Crippen LogP contribution in [0.4, 0.5) is 17.1 Å². The summed E-state index contributed by atoms with van der Waals surface area (Å²) in [6.07, 6.45) is 0.572. The van der Waals surface area contributed by atoms with E-state index in [2.05, 4.69) is 15.9 Å². The molecule has 3 heterocycles. The minimum absolute atomic E-state index is 0.0131. The normalized spacial score (nSPS) is 23.4. The van der Waals surface area contributed by atoms with Crippen LogP contribution in [0.3, 0.4) is 0 Å². The molecule has 0 aromatic heterocycles. The molecule has 3 aliphatic heterocycles. The van der Waals surface area contributed by atoms with Crippen molar-refractivity contribution in [3.63, 3.8) is 0 Å². The van der Waals surface area contributed by atoms with E-state index in [0.29, 0.717) is 33.7 Å². The van der Waals surface area contributed by atoms with Crippen LogP contribution in [0, 0.1) is 5.41 Å². The van der Waals surface area contributed by atoms with Crippen molar-refractivity contribution in [3.05, 3.63) is 87.4 Å². The third kappa shape index (κ3) is 3.60. The second-order valence-electron chi connectivity index (χ2n) is 9.34. The molecular weight excluding hydrogens is 503 g/mol. The zero-order valence-electron chi connectivity index (χ0n) is 19.1. The van der Waals surface area contributed by atoms with Gasteiger partial charge in [0.15, 0.2) is 0 Å². The molecule has 6 rings (SSSR count). The third-order valence-corrected chi connectivity index (χ3v) is 8.21. The number of hydrogen-bond acceptors (Lipinski definition) is 4. The van der Waals surface area contributed by atoms with Crippen LogP contribution in [0.15, 0.2) is 71.8 Å². The lowest BCUT2D eigenvalue weighted by Crippen LogP contribution is -2.67. The van der Waals surface area contributed by atoms with E-state index < -0.39 is 5.41 Å². The van der Waals surface area contributed by atoms with Crippen molar-refractivity contribution < 1.29 is 4.79 Å². The predicted octanol–water partition coefficient (Wildman–Crippen LogP) is 6.31. The van der Waals surface area contributed by atoms with Crippen molar-refractivity contribution >= 4 is 63.5 Å². The van der Waals surface area contributed by atoms with Gasteiger partial charge < -0.3 is 9.80 Å². The molecule has 1 spiro atoms. The Kier molecular flexibility index (Phi) is 5.48. The first-order valence-electron chi connectivity index (χ1n) is 11.6. The monoisotopic (exact) mass is 524 g/mol. The molecule has 0 bridgehead atoms. The number of fused-ring (bicyclic) bond motifs is 4. The molecule has 0 saturated carbocycles. The van der Waals surface area contributed by atoms with E-state index in [4.69, 9.17) is 39.9 Å². The minimum atomic E-state index is -0.794. The molecule has 5 nitrogen and oxygen atoms in total. The first kappa shape index (κ1) is 22.7. The molecular formula is C27H23Cl3N4O. The van der Waals surface area contributed by atoms with Crippen molar-refractivity contribution in [2.75, 3.05) is 34.4 Å². The maximum absolute atomic E-state index is 14.3. The molecule has 8 heteroatoms. The van der Waals surface area contributed by atoms with Crippen LogP contribution in [0.1, 0.15) is 12.5 Å². The number of carbonyl (C=O) groups is 1. The summed E-state index contributed by atoms with van der Waals surface area (Å²) >= 11 is 18.8. The number of piperazine rings is 1. The Balaban J connectivity index is 1.45. The highest BCUT2D eigenvalue weighted by atomic mass is 35.5. The van der Waals surface area contributed by atoms with Crippen molar-refractivity contribution in [3.8, 4) is 0 Å². The number of anilines is 3. The number of benzene rings is 3. The summed E-state index contributed by atoms with van der Waals surface area (Å²) < 4.78 is 0. The van der Waals surface area contributed by atoms with Gasteiger partial charge in [0.05, 0.1) is 17.4 Å². The number of rotatable bonds is 2. The van der Waals surface area contributed by atoms with Gasteiger partial charge >= 0.3 is 0 Å². The molecule has 2 atom stereocenters. The molecule has 0 radical (unpaired) electrons. The second kappa shape index (κ2) is 8.44. The molecule has 35 heavy (non-hydrogen) atoms. The fraction of sp³-hybridized carbons (Fsp3) is 0.259. The SMILES string of the molecule is CC1=NN(c2ccc(Cl)cc2)C(=O)[C@@]12Cc1ccc(Cl)cc1N1CCN(c3cccc(Cl)c3)C[C@H]12. The van der Waals surface area contributed by atoms with Gasteiger partial charge in [-0.25, -0.2) is 0 Å². The summed E-state index contributed by atoms with van der Waals surface area (Å²) in [6.45, 7) is 4.21. The molecule has 3 aliphatic rings. The standard InChI is InChI=1S/C27H23Cl3N4O/c1-17-27(26(35)34(31-17)22-9-7-19(28)8-10-22)15-18-5-6-21(30)14-24(18)33-12-11-32(16-25(27)33)23-4-2-3-20(29)13-23/h2-10,13-14,25H,11-12,15-16H2,1H3/t25-,27-/m0/s1. The Morgan fingerprint density at radius 1 is 0.886 bits per heavy atom. The first-order valence-corrected chi connectivity index (χ1v) is 12.7. The summed E-state index contributed by atoms with van der Waals surface area (Å²) in [7, 11) is 0. The Morgan fingerprint density at radius 2 is 1.63 bits per heavy atom. The van der Waals surface area contributed by atoms with E-state index in [1.54, 1.807) is 17.1 Å². The van der Waals surface area contributed by atoms with E-state index in [0.717, 1.165) is 35.7 Å². The van der Waals surface area contributed by atoms with Crippen molar-refractivity contribution in [1.82, 2.24) is 0 Å². The summed E-state index contributed by atoms with van der Waals surface area (Å²) in [5, 5.41) is 8.36. The van der Waals surface area contributed by atoms with Gasteiger partial charge in [-0.15, -0.1) is 0 Å². The Hall–Kier alpha value is -2.73. The van der Waals surface area contributed by atoms with Gasteiger partial charge in [-0.05, 0) is 73.5 Å². The number of amides is 1. The minimum Gasteiger partial charge on any atom is -0.368 e. The summed E-state index contributed by atoms with van der Waals surface area (Å²) in [4.78, 5) is 19.0. The molecule has 0 unspecified atom stereocenters. The highest BCUT2D eigenvalue weighted by molar-refractivity contribution is 6.31. The van der Waals surface area contributed by atoms with Crippen molar-refractivity contribution in [2.45, 2.75) is 19.4 Å². The Labute approximate surface area is 219 Å². The molecule has 178 valence electrons. The smallest absolute Gasteiger partial charge is 0.261 e. The molecule has 3 aromatic carbocycles. The largest absolute Gasteiger partial charge is 0.368 e. The van der Waals surface area contributed by atoms with Crippen LogP contribution in [-0.4, -0.2) is 37.3 Å². The Bertz CT molecular complexity index is 1360. The third-order valence-electron chi connectivity index (χ3n) is 7.49. The lowest BCUT2D eigenvalue weighted by Gasteiger charge is -2.53. The summed E-state index contributed by atoms with van der Waals surface area (Å²) in [5.74, 6) is -0.0131. The van der Waals surface area contributed by atoms with Crippen LogP contribution in [0.5, 0.6) is 0 Å². The van der Waals surface area contributed by atoms with E-state index in [-0.39, 0.29) is 11.9 Å². The summed E-state index contributed by atoms with van der Waals surface area (Å²) in [6, 6.07) is 21.0. The highest BCUT2D eigenvalue weighted by Gasteiger charge is 2.60. The van der Waals surface area contributed by atoms with Crippen LogP contribution >= 0.6 is 34.8 Å². The van der Waals surface area contributed by atoms with Crippen LogP contribution in [0.2, 0.25) is 15.1 Å². The van der Waals surface area contributed by atoms with Gasteiger partial charge in [0.1, 0.15) is 5.41 Å². The molecule has 1 fully saturated rings. The quantitative estimate of drug-likeness (QED) is 0.394. The molecule has 0 N–H and O–H groups in total. The predicted molar refractivity (Wildman–Crippen MR) is 144 cm³/mol. The van der Waals surface area contributed by atoms with Gasteiger partial charge in [-0.2, -0.15) is 10.1 Å². The van der Waals surface area contributed by atoms with Crippen molar-refractivity contribution in [2.24, 2.45) is 10.5 Å². The molecule has 1 saturated heterocycles. The average Bonchev–Trinajstić information content (AvgIpc) is 3.10. The summed E-state index contributed by atoms with van der Waals surface area (Å²) in [5.41, 5.74) is 4.01. The molecule has 1 amide bonds. The fourth-order valence-corrected chi connectivity index (χ4v) is 6.22. The lowest BCUT2D eigenvalue weighted by molar-refractivity contribution is -0.125. The highest BCUT2D eigenvalue weighted by Crippen LogP contribution is 2.49. The van der Waals surface area contributed by atoms with Gasteiger partial charge in [-0.3, -0.25) is 4.79 Å². The molecule has 0 aliphatic carbocycles. The van der Waals surface area contributed by atoms with Crippen LogP contribution < -0.4 is 14.8 Å². The fourth-order valence-electron chi connectivity index (χ4n) is 5.75. The van der Waals surface area contributed by atoms with Gasteiger partial charge in [0.25, 0.3) is 5.91 Å². The maximum Gasteiger partial charge on any atom is 0.261 e. The van der Waals surface area contributed by atoms with E-state index in [1.807, 2.05) is 55.5 Å². The Morgan fingerprint density at radius 3 is 2.40 bits per heavy atom. The number of nitrogens with zero attached hydrogens (tertiary/aromatic N) is 4. The van der Waals surface area contributed by atoms with Gasteiger partial charge in [0.2, 0.25) is 0 Å². The van der Waals surface area contributed by atoms with Gasteiger partial charge in [0, 0.05) is 46.1 Å². The number of hydrogen-bond donors (Lipinski definition) is 0. The number of hydrazone groups is 1. The van der Waals surface area contributed by atoms with E-state index in [9.17, 15) is 4.79 Å². The van der Waals surface area contributed by atoms with Crippen molar-refractivity contribution in [1.29, 1.82) is 0 Å². The first-order chi connectivity index (χ1) is 16.9. The average molecular weight is 526 g/mol. The maximum atomic E-state index is 14.3. The van der Waals surface area contributed by atoms with E-state index in [1.165, 1.54) is 0 Å². The van der Waals surface area contributed by atoms with E-state index >= 15 is 0 Å². The number of carbonyl (C=O) groups excluding carboxylic acids is 1. The lowest BCUT2D eigenvalue weighted by atomic mass is 9.67. The second-order valence-corrected chi connectivity index (χ2v) is 10.6. The van der Waals surface area contributed by atoms with Crippen LogP contribution in [0.25, 0.3) is 0 Å². The zero-order chi connectivity index (χ0) is 24.3. The van der Waals surface area contributed by atoms with Gasteiger partial charge in [-0.1, -0.05) is 46.9 Å². The number of halogens is 3. The topological polar surface area (TPSA) is 39.2 Å².